The summed E-state index contributed by atoms with van der Waals surface area (Å²) in [6, 6.07) is 43.3. The number of rotatable bonds is 3. The molecule has 0 aromatic heterocycles. The van der Waals surface area contributed by atoms with Gasteiger partial charge in [-0.3, -0.25) is 0 Å². The molecule has 0 spiro atoms. The van der Waals surface area contributed by atoms with Crippen LogP contribution in [0.15, 0.2) is 115 Å². The van der Waals surface area contributed by atoms with Crippen LogP contribution < -0.4 is 21.1 Å². The van der Waals surface area contributed by atoms with E-state index in [0.717, 1.165) is 13.0 Å². The summed E-state index contributed by atoms with van der Waals surface area (Å²) < 4.78 is 0. The van der Waals surface area contributed by atoms with Crippen molar-refractivity contribution in [1.82, 2.24) is 0 Å². The predicted molar refractivity (Wildman–Crippen MR) is 208 cm³/mol. The molecule has 1 N–H and O–H groups in total. The first-order valence-corrected chi connectivity index (χ1v) is 17.6. The molecule has 236 valence electrons. The highest BCUT2D eigenvalue weighted by Crippen LogP contribution is 2.54. The molecule has 3 aliphatic rings. The lowest BCUT2D eigenvalue weighted by Crippen LogP contribution is -2.45. The molecule has 9 rings (SSSR count). The first-order valence-electron chi connectivity index (χ1n) is 17.6. The maximum atomic E-state index is 3.92. The second-order valence-electron chi connectivity index (χ2n) is 16.1. The van der Waals surface area contributed by atoms with E-state index in [-0.39, 0.29) is 16.2 Å². The summed E-state index contributed by atoms with van der Waals surface area (Å²) in [4.78, 5) is 2.62. The van der Waals surface area contributed by atoms with Crippen LogP contribution in [0.25, 0.3) is 21.9 Å². The van der Waals surface area contributed by atoms with E-state index in [1.165, 1.54) is 90.7 Å². The lowest BCUT2D eigenvalue weighted by Gasteiger charge is -2.46. The van der Waals surface area contributed by atoms with Gasteiger partial charge in [0.25, 0.3) is 0 Å². The number of hydrogen-bond donors (Lipinski definition) is 1. The van der Waals surface area contributed by atoms with Crippen LogP contribution in [0, 0.1) is 0 Å². The molecule has 0 radical (unpaired) electrons. The first-order chi connectivity index (χ1) is 23.0. The van der Waals surface area contributed by atoms with Crippen molar-refractivity contribution < 1.29 is 0 Å². The smallest absolute Gasteiger partial charge is 0.198 e. The molecule has 0 bridgehead atoms. The molecule has 0 amide bonds. The van der Waals surface area contributed by atoms with Gasteiger partial charge in [-0.15, -0.1) is 0 Å². The van der Waals surface area contributed by atoms with Crippen molar-refractivity contribution in [3.8, 4) is 11.1 Å². The van der Waals surface area contributed by atoms with Gasteiger partial charge in [0.2, 0.25) is 0 Å². The SMILES string of the molecule is CC1(C)CCC(C)(C)c2cc(-c3cc4ccccc4c4c3Bc3cccc5c3N4c3ccccc3C5(C)C)c(Nc3ccccc3)cc21. The van der Waals surface area contributed by atoms with Crippen LogP contribution in [0.5, 0.6) is 0 Å². The molecular weight excluding hydrogens is 579 g/mol. The maximum absolute atomic E-state index is 3.92. The standard InChI is InChI=1S/C45H43BN2/c1-43(2)23-24-44(3,4)36-27-38(47-29-16-8-7-9-17-29)31(26-35(36)43)32-25-28-15-10-11-18-30(28)41-40(32)46-37-21-14-20-34-42(37)48(41)39-22-13-12-19-33(39)45(34,5)6/h7-22,25-27,46-47H,23-24H2,1-6H3. The number of benzene rings is 6. The lowest BCUT2D eigenvalue weighted by atomic mass is 9.55. The quantitative estimate of drug-likeness (QED) is 0.197. The Kier molecular flexibility index (Phi) is 6.20. The van der Waals surface area contributed by atoms with Crippen LogP contribution in [0.1, 0.15) is 76.6 Å². The average Bonchev–Trinajstić information content (AvgIpc) is 3.08. The summed E-state index contributed by atoms with van der Waals surface area (Å²) >= 11 is 0. The zero-order valence-corrected chi connectivity index (χ0v) is 29.0. The van der Waals surface area contributed by atoms with Crippen LogP contribution in [0.3, 0.4) is 0 Å². The number of nitrogens with one attached hydrogen (secondary N) is 1. The number of para-hydroxylation sites is 3. The lowest BCUT2D eigenvalue weighted by molar-refractivity contribution is 0.332. The molecule has 0 saturated carbocycles. The molecule has 48 heavy (non-hydrogen) atoms. The van der Waals surface area contributed by atoms with Gasteiger partial charge in [-0.05, 0) is 98.7 Å². The summed E-state index contributed by atoms with van der Waals surface area (Å²) in [5, 5.41) is 6.50. The van der Waals surface area contributed by atoms with Crippen molar-refractivity contribution in [3.63, 3.8) is 0 Å². The summed E-state index contributed by atoms with van der Waals surface area (Å²) in [5.41, 5.74) is 17.5. The van der Waals surface area contributed by atoms with Crippen LogP contribution in [-0.2, 0) is 16.2 Å². The molecule has 0 fully saturated rings. The van der Waals surface area contributed by atoms with Crippen LogP contribution in [0.2, 0.25) is 0 Å². The van der Waals surface area contributed by atoms with E-state index in [9.17, 15) is 0 Å². The van der Waals surface area contributed by atoms with Gasteiger partial charge in [0.1, 0.15) is 0 Å². The van der Waals surface area contributed by atoms with E-state index in [0.29, 0.717) is 0 Å². The maximum Gasteiger partial charge on any atom is 0.198 e. The number of fused-ring (bicyclic) bond motifs is 7. The van der Waals surface area contributed by atoms with Crippen molar-refractivity contribution in [1.29, 1.82) is 0 Å². The summed E-state index contributed by atoms with van der Waals surface area (Å²) in [6.45, 7) is 14.5. The fourth-order valence-electron chi connectivity index (χ4n) is 9.05. The second-order valence-corrected chi connectivity index (χ2v) is 16.1. The molecule has 6 aromatic carbocycles. The Hall–Kier alpha value is -4.76. The summed E-state index contributed by atoms with van der Waals surface area (Å²) in [5.74, 6) is 0. The van der Waals surface area contributed by atoms with Crippen LogP contribution in [-0.4, -0.2) is 7.28 Å². The van der Waals surface area contributed by atoms with Crippen molar-refractivity contribution in [2.45, 2.75) is 70.6 Å². The Balaban J connectivity index is 1.38. The third-order valence-corrected chi connectivity index (χ3v) is 11.9. The number of hydrogen-bond acceptors (Lipinski definition) is 2. The van der Waals surface area contributed by atoms with Crippen molar-refractivity contribution in [3.05, 3.63) is 138 Å². The van der Waals surface area contributed by atoms with E-state index in [4.69, 9.17) is 0 Å². The Morgan fingerprint density at radius 2 is 1.25 bits per heavy atom. The highest BCUT2D eigenvalue weighted by Gasteiger charge is 2.42. The fraction of sp³-hybridized carbons (Fsp3) is 0.244. The van der Waals surface area contributed by atoms with Gasteiger partial charge in [-0.2, -0.15) is 0 Å². The molecule has 0 atom stereocenters. The van der Waals surface area contributed by atoms with Crippen molar-refractivity contribution in [2.24, 2.45) is 0 Å². The van der Waals surface area contributed by atoms with Crippen molar-refractivity contribution >= 4 is 57.4 Å². The predicted octanol–water partition coefficient (Wildman–Crippen LogP) is 10.4. The third kappa shape index (κ3) is 4.19. The van der Waals surface area contributed by atoms with Crippen molar-refractivity contribution in [2.75, 3.05) is 10.2 Å². The van der Waals surface area contributed by atoms with Gasteiger partial charge in [-0.1, -0.05) is 126 Å². The minimum Gasteiger partial charge on any atom is -0.355 e. The highest BCUT2D eigenvalue weighted by molar-refractivity contribution is 6.74. The Morgan fingerprint density at radius 3 is 2.04 bits per heavy atom. The van der Waals surface area contributed by atoms with Crippen LogP contribution >= 0.6 is 0 Å². The van der Waals surface area contributed by atoms with E-state index >= 15 is 0 Å². The summed E-state index contributed by atoms with van der Waals surface area (Å²) in [7, 11) is 0.893. The Bertz CT molecular complexity index is 2280. The molecule has 0 unspecified atom stereocenters. The molecule has 0 saturated heterocycles. The highest BCUT2D eigenvalue weighted by atomic mass is 15.2. The minimum atomic E-state index is -0.0903. The van der Waals surface area contributed by atoms with E-state index in [1.807, 2.05) is 0 Å². The second kappa shape index (κ2) is 10.1. The van der Waals surface area contributed by atoms with E-state index in [2.05, 4.69) is 167 Å². The molecule has 3 heteroatoms. The Morgan fingerprint density at radius 1 is 0.583 bits per heavy atom. The fourth-order valence-corrected chi connectivity index (χ4v) is 9.05. The summed E-state index contributed by atoms with van der Waals surface area (Å²) in [6.07, 6.45) is 2.37. The average molecular weight is 623 g/mol. The topological polar surface area (TPSA) is 15.3 Å². The van der Waals surface area contributed by atoms with Gasteiger partial charge < -0.3 is 10.2 Å². The third-order valence-electron chi connectivity index (χ3n) is 11.9. The normalized spacial score (nSPS) is 17.4. The molecule has 2 nitrogen and oxygen atoms in total. The molecule has 1 aliphatic carbocycles. The van der Waals surface area contributed by atoms with E-state index in [1.54, 1.807) is 0 Å². The van der Waals surface area contributed by atoms with Gasteiger partial charge >= 0.3 is 0 Å². The van der Waals surface area contributed by atoms with Crippen LogP contribution in [0.4, 0.5) is 28.4 Å². The largest absolute Gasteiger partial charge is 0.355 e. The van der Waals surface area contributed by atoms with Gasteiger partial charge in [0.15, 0.2) is 7.28 Å². The van der Waals surface area contributed by atoms with Gasteiger partial charge in [0.05, 0.1) is 5.69 Å². The molecule has 6 aromatic rings. The molecular formula is C45H43BN2. The minimum absolute atomic E-state index is 0.0903. The number of anilines is 5. The zero-order valence-electron chi connectivity index (χ0n) is 29.0. The monoisotopic (exact) mass is 622 g/mol. The van der Waals surface area contributed by atoms with Gasteiger partial charge in [-0.25, -0.2) is 0 Å². The first kappa shape index (κ1) is 29.4. The Labute approximate surface area is 286 Å². The molecule has 2 heterocycles. The van der Waals surface area contributed by atoms with E-state index < -0.39 is 0 Å². The number of nitrogens with zero attached hydrogens (tertiary/aromatic N) is 1. The molecule has 2 aliphatic heterocycles. The zero-order chi connectivity index (χ0) is 33.0. The van der Waals surface area contributed by atoms with Gasteiger partial charge in [0, 0.05) is 39.1 Å².